The number of rotatable bonds is 8. The summed E-state index contributed by atoms with van der Waals surface area (Å²) in [4.78, 5) is 2.32. The molecule has 254 valence electrons. The van der Waals surface area contributed by atoms with Crippen LogP contribution in [-0.4, -0.2) is 25.5 Å². The minimum atomic E-state index is 0.0810. The van der Waals surface area contributed by atoms with Gasteiger partial charge in [-0.3, -0.25) is 0 Å². The molecule has 0 bridgehead atoms. The predicted molar refractivity (Wildman–Crippen MR) is 214 cm³/mol. The fraction of sp³-hybridized carbons (Fsp3) is 0.364. The zero-order valence-electron chi connectivity index (χ0n) is 30.6. The number of nitrogens with zero attached hydrogens (tertiary/aromatic N) is 1. The van der Waals surface area contributed by atoms with Gasteiger partial charge in [0.05, 0.1) is 5.38 Å². The second-order valence-corrected chi connectivity index (χ2v) is 13.1. The smallest absolute Gasteiger partial charge is 0.0537 e. The topological polar surface area (TPSA) is 27.3 Å². The van der Waals surface area contributed by atoms with Crippen LogP contribution in [0.1, 0.15) is 92.7 Å². The van der Waals surface area contributed by atoms with Crippen LogP contribution in [0.4, 0.5) is 22.7 Å². The Morgan fingerprint density at radius 1 is 0.708 bits per heavy atom. The first-order valence-corrected chi connectivity index (χ1v) is 18.4. The van der Waals surface area contributed by atoms with Gasteiger partial charge in [0.2, 0.25) is 0 Å². The third-order valence-electron chi connectivity index (χ3n) is 9.41. The van der Waals surface area contributed by atoms with E-state index in [9.17, 15) is 0 Å². The Hall–Kier alpha value is -3.95. The summed E-state index contributed by atoms with van der Waals surface area (Å²) in [5.74, 6) is 0.0810. The Morgan fingerprint density at radius 3 is 1.85 bits per heavy atom. The summed E-state index contributed by atoms with van der Waals surface area (Å²) < 4.78 is 0. The minimum absolute atomic E-state index is 0.0810. The number of fused-ring (bicyclic) bond motifs is 1. The van der Waals surface area contributed by atoms with Crippen molar-refractivity contribution >= 4 is 45.1 Å². The van der Waals surface area contributed by atoms with E-state index in [2.05, 4.69) is 140 Å². The van der Waals surface area contributed by atoms with Gasteiger partial charge in [0.25, 0.3) is 0 Å². The third kappa shape index (κ3) is 8.18. The van der Waals surface area contributed by atoms with Gasteiger partial charge in [0.15, 0.2) is 0 Å². The molecule has 4 heteroatoms. The van der Waals surface area contributed by atoms with Crippen LogP contribution in [0.2, 0.25) is 0 Å². The van der Waals surface area contributed by atoms with Crippen molar-refractivity contribution < 1.29 is 0 Å². The van der Waals surface area contributed by atoms with E-state index in [4.69, 9.17) is 11.6 Å². The number of nitrogens with one attached hydrogen (secondary N) is 2. The zero-order chi connectivity index (χ0) is 34.8. The molecule has 6 rings (SSSR count). The molecule has 5 aromatic rings. The van der Waals surface area contributed by atoms with Crippen molar-refractivity contribution in [1.82, 2.24) is 0 Å². The highest BCUT2D eigenvalue weighted by atomic mass is 35.5. The molecule has 0 spiro atoms. The van der Waals surface area contributed by atoms with Crippen molar-refractivity contribution in [3.8, 4) is 0 Å². The summed E-state index contributed by atoms with van der Waals surface area (Å²) in [6, 6.07) is 36.3. The molecule has 1 fully saturated rings. The maximum atomic E-state index is 6.78. The number of hydrogen-bond donors (Lipinski definition) is 2. The second-order valence-electron chi connectivity index (χ2n) is 12.5. The van der Waals surface area contributed by atoms with Gasteiger partial charge >= 0.3 is 0 Å². The molecule has 3 nitrogen and oxygen atoms in total. The fourth-order valence-corrected chi connectivity index (χ4v) is 7.61. The third-order valence-corrected chi connectivity index (χ3v) is 9.93. The summed E-state index contributed by atoms with van der Waals surface area (Å²) in [5.41, 5.74) is 12.5. The average molecular weight is 662 g/mol. The van der Waals surface area contributed by atoms with Crippen molar-refractivity contribution in [2.24, 2.45) is 0 Å². The molecule has 0 amide bonds. The van der Waals surface area contributed by atoms with Crippen LogP contribution in [0.3, 0.4) is 0 Å². The van der Waals surface area contributed by atoms with Gasteiger partial charge in [-0.15, -0.1) is 11.6 Å². The average Bonchev–Trinajstić information content (AvgIpc) is 3.12. The fourth-order valence-electron chi connectivity index (χ4n) is 7.26. The lowest BCUT2D eigenvalue weighted by Crippen LogP contribution is -2.32. The largest absolute Gasteiger partial charge is 0.388 e. The van der Waals surface area contributed by atoms with E-state index < -0.39 is 0 Å². The number of alkyl halides is 1. The summed E-state index contributed by atoms with van der Waals surface area (Å²) in [6.45, 7) is 14.6. The first kappa shape index (κ1) is 36.9. The molecule has 3 unspecified atom stereocenters. The number of benzene rings is 5. The summed E-state index contributed by atoms with van der Waals surface area (Å²) in [7, 11) is 4.14. The van der Waals surface area contributed by atoms with Crippen LogP contribution in [0, 0.1) is 20.8 Å². The monoisotopic (exact) mass is 661 g/mol. The van der Waals surface area contributed by atoms with Crippen LogP contribution in [0.25, 0.3) is 10.8 Å². The Balaban J connectivity index is 0.00000125. The van der Waals surface area contributed by atoms with Gasteiger partial charge in [-0.05, 0) is 97.1 Å². The van der Waals surface area contributed by atoms with E-state index in [0.717, 1.165) is 18.5 Å². The van der Waals surface area contributed by atoms with Crippen molar-refractivity contribution in [2.75, 3.05) is 29.6 Å². The van der Waals surface area contributed by atoms with Crippen molar-refractivity contribution in [1.29, 1.82) is 0 Å². The van der Waals surface area contributed by atoms with E-state index >= 15 is 0 Å². The molecule has 3 atom stereocenters. The normalized spacial score (nSPS) is 16.1. The second kappa shape index (κ2) is 17.4. The highest BCUT2D eigenvalue weighted by molar-refractivity contribution is 6.21. The summed E-state index contributed by atoms with van der Waals surface area (Å²) >= 11 is 6.78. The highest BCUT2D eigenvalue weighted by Crippen LogP contribution is 2.41. The van der Waals surface area contributed by atoms with Crippen LogP contribution in [0.5, 0.6) is 0 Å². The molecule has 0 radical (unpaired) electrons. The summed E-state index contributed by atoms with van der Waals surface area (Å²) in [5, 5.41) is 9.80. The maximum absolute atomic E-state index is 6.78. The standard InChI is InChI=1S/C40H44ClN3.2C2H6/c1-26-24-27(2)40(28(3)25-26)44(5)32-20-16-30(17-21-32)39(29-14-18-31(42-4)19-15-29)35-22-23-37(34-11-7-6-10-33(34)35)43-38-13-9-8-12-36(38)41;2*1-2/h6-7,10-11,14-25,36,38-39,42-43H,8-9,12-13H2,1-5H3;2*1-2H3. The molecule has 48 heavy (non-hydrogen) atoms. The van der Waals surface area contributed by atoms with Crippen molar-refractivity contribution in [3.63, 3.8) is 0 Å². The van der Waals surface area contributed by atoms with Gasteiger partial charge in [0.1, 0.15) is 0 Å². The predicted octanol–water partition coefficient (Wildman–Crippen LogP) is 12.8. The molecule has 0 aliphatic heterocycles. The molecule has 1 aliphatic rings. The van der Waals surface area contributed by atoms with E-state index in [0.29, 0.717) is 6.04 Å². The molecule has 1 saturated carbocycles. The number of anilines is 4. The van der Waals surface area contributed by atoms with E-state index in [1.165, 1.54) is 74.1 Å². The van der Waals surface area contributed by atoms with Gasteiger partial charge in [-0.25, -0.2) is 0 Å². The molecule has 0 heterocycles. The van der Waals surface area contributed by atoms with Gasteiger partial charge in [-0.2, -0.15) is 0 Å². The molecule has 2 N–H and O–H groups in total. The summed E-state index contributed by atoms with van der Waals surface area (Å²) in [6.07, 6.45) is 4.65. The first-order valence-electron chi connectivity index (χ1n) is 18.0. The van der Waals surface area contributed by atoms with Crippen LogP contribution < -0.4 is 15.5 Å². The SMILES string of the molecule is CC.CC.CNc1ccc(C(c2ccc(N(C)c3c(C)cc(C)cc3C)cc2)c2ccc(NC3CCCCC3Cl)c3ccccc23)cc1. The van der Waals surface area contributed by atoms with E-state index in [1.54, 1.807) is 0 Å². The molecule has 0 saturated heterocycles. The van der Waals surface area contributed by atoms with Crippen LogP contribution in [-0.2, 0) is 0 Å². The lowest BCUT2D eigenvalue weighted by atomic mass is 9.82. The van der Waals surface area contributed by atoms with Crippen molar-refractivity contribution in [2.45, 2.75) is 91.5 Å². The highest BCUT2D eigenvalue weighted by Gasteiger charge is 2.25. The number of aryl methyl sites for hydroxylation is 3. The Morgan fingerprint density at radius 2 is 1.27 bits per heavy atom. The Labute approximate surface area is 295 Å². The Kier molecular flexibility index (Phi) is 13.4. The number of halogens is 1. The van der Waals surface area contributed by atoms with Crippen molar-refractivity contribution in [3.05, 3.63) is 130 Å². The van der Waals surface area contributed by atoms with Gasteiger partial charge in [0, 0.05) is 54.2 Å². The van der Waals surface area contributed by atoms with Crippen LogP contribution >= 0.6 is 11.6 Å². The van der Waals surface area contributed by atoms with Gasteiger partial charge < -0.3 is 15.5 Å². The Bertz CT molecular complexity index is 1720. The molecular weight excluding hydrogens is 606 g/mol. The molecule has 1 aliphatic carbocycles. The van der Waals surface area contributed by atoms with E-state index in [1.807, 2.05) is 34.7 Å². The molecule has 5 aromatic carbocycles. The number of hydrogen-bond acceptors (Lipinski definition) is 3. The molecule has 0 aromatic heterocycles. The van der Waals surface area contributed by atoms with Crippen LogP contribution in [0.15, 0.2) is 97.1 Å². The lowest BCUT2D eigenvalue weighted by Gasteiger charge is -2.30. The maximum Gasteiger partial charge on any atom is 0.0537 e. The van der Waals surface area contributed by atoms with E-state index in [-0.39, 0.29) is 11.3 Å². The first-order chi connectivity index (χ1) is 23.3. The minimum Gasteiger partial charge on any atom is -0.388 e. The lowest BCUT2D eigenvalue weighted by molar-refractivity contribution is 0.470. The van der Waals surface area contributed by atoms with Gasteiger partial charge in [-0.1, -0.05) is 113 Å². The zero-order valence-corrected chi connectivity index (χ0v) is 31.4. The molecular formula is C44H56ClN3. The quantitative estimate of drug-likeness (QED) is 0.128.